The minimum Gasteiger partial charge on any atom is -1.00 e. The summed E-state index contributed by atoms with van der Waals surface area (Å²) < 4.78 is 0. The molecule has 6 aromatic rings. The zero-order chi connectivity index (χ0) is 39.0. The number of hydrogen-bond acceptors (Lipinski definition) is 0. The number of aryl methyl sites for hydroxylation is 2. The van der Waals surface area contributed by atoms with Crippen molar-refractivity contribution in [3.8, 4) is 22.3 Å². The Balaban J connectivity index is 0.000000329. The van der Waals surface area contributed by atoms with E-state index in [0.29, 0.717) is 0 Å². The zero-order valence-corrected chi connectivity index (χ0v) is 42.1. The molecule has 0 N–H and O–H groups in total. The van der Waals surface area contributed by atoms with Crippen molar-refractivity contribution < 1.29 is 47.8 Å². The van der Waals surface area contributed by atoms with Crippen LogP contribution in [0.25, 0.3) is 43.8 Å². The van der Waals surface area contributed by atoms with Crippen molar-refractivity contribution in [2.24, 2.45) is 0 Å². The van der Waals surface area contributed by atoms with Crippen LogP contribution >= 0.6 is 0 Å². The van der Waals surface area contributed by atoms with E-state index in [9.17, 15) is 0 Å². The molecule has 0 aliphatic heterocycles. The first kappa shape index (κ1) is 47.9. The Morgan fingerprint density at radius 1 is 0.444 bits per heavy atom. The molecular weight excluding hydrogens is 878 g/mol. The second kappa shape index (κ2) is 18.4. The molecule has 0 unspecified atom stereocenters. The number of rotatable bonds is 2. The smallest absolute Gasteiger partial charge is 0.0132 e. The molecule has 0 radical (unpaired) electrons. The average Bonchev–Trinajstić information content (AvgIpc) is 3.59. The van der Waals surface area contributed by atoms with Gasteiger partial charge in [0.15, 0.2) is 0 Å². The molecule has 0 saturated carbocycles. The Labute approximate surface area is 356 Å². The third-order valence-electron chi connectivity index (χ3n) is 9.74. The third kappa shape index (κ3) is 12.4. The Morgan fingerprint density at radius 2 is 0.704 bits per heavy atom. The van der Waals surface area contributed by atoms with Crippen LogP contribution in [0.2, 0.25) is 13.1 Å². The summed E-state index contributed by atoms with van der Waals surface area (Å²) in [5.41, 5.74) is 14.5. The minimum absolute atomic E-state index is 0. The second-order valence-corrected chi connectivity index (χ2v) is 32.1. The van der Waals surface area contributed by atoms with Gasteiger partial charge in [-0.3, -0.25) is 0 Å². The van der Waals surface area contributed by atoms with Crippen LogP contribution < -0.4 is 24.8 Å². The van der Waals surface area contributed by atoms with Crippen LogP contribution in [0.3, 0.4) is 0 Å². The van der Waals surface area contributed by atoms with Gasteiger partial charge in [-0.05, 0) is 55.0 Å². The zero-order valence-electron chi connectivity index (χ0n) is 36.0. The summed E-state index contributed by atoms with van der Waals surface area (Å²) in [6, 6.07) is 36.8. The summed E-state index contributed by atoms with van der Waals surface area (Å²) in [5.74, 6) is 0. The first-order valence-electron chi connectivity index (χ1n) is 19.0. The van der Waals surface area contributed by atoms with Crippen LogP contribution in [0, 0.1) is 13.8 Å². The van der Waals surface area contributed by atoms with Gasteiger partial charge in [-0.2, -0.15) is 12.1 Å². The van der Waals surface area contributed by atoms with Crippen LogP contribution in [0.1, 0.15) is 116 Å². The molecule has 0 fully saturated rings. The summed E-state index contributed by atoms with van der Waals surface area (Å²) in [7, 11) is 0. The Bertz CT molecular complexity index is 1960. The van der Waals surface area contributed by atoms with Gasteiger partial charge in [-0.1, -0.05) is 157 Å². The monoisotopic (exact) mass is 942 g/mol. The first-order chi connectivity index (χ1) is 23.8. The maximum atomic E-state index is 2.39. The molecule has 0 saturated heterocycles. The van der Waals surface area contributed by atoms with E-state index in [4.69, 9.17) is 0 Å². The van der Waals surface area contributed by atoms with E-state index in [0.717, 1.165) is 0 Å². The van der Waals surface area contributed by atoms with Crippen molar-refractivity contribution >= 4 is 27.0 Å². The summed E-state index contributed by atoms with van der Waals surface area (Å²) in [5, 5.41) is 5.40. The van der Waals surface area contributed by atoms with Crippen molar-refractivity contribution in [1.82, 2.24) is 0 Å². The molecular formula is C50H64Cl2HfSi-2. The molecule has 6 rings (SSSR count). The van der Waals surface area contributed by atoms with Crippen molar-refractivity contribution in [2.75, 3.05) is 0 Å². The molecule has 0 amide bonds. The van der Waals surface area contributed by atoms with Crippen LogP contribution in [0.5, 0.6) is 0 Å². The molecule has 0 nitrogen and oxygen atoms in total. The number of benzene rings is 4. The second-order valence-electron chi connectivity index (χ2n) is 19.3. The Morgan fingerprint density at radius 3 is 0.944 bits per heavy atom. The molecule has 0 heterocycles. The molecule has 0 spiro atoms. The van der Waals surface area contributed by atoms with Crippen molar-refractivity contribution in [2.45, 2.75) is 132 Å². The number of hydrogen-bond donors (Lipinski definition) is 0. The quantitative estimate of drug-likeness (QED) is 0.120. The van der Waals surface area contributed by atoms with E-state index >= 15 is 0 Å². The first-order valence-corrected chi connectivity index (χ1v) is 26.9. The van der Waals surface area contributed by atoms with E-state index < -0.39 is 0 Å². The minimum atomic E-state index is 0. The summed E-state index contributed by atoms with van der Waals surface area (Å²) in [6.45, 7) is 36.6. The van der Waals surface area contributed by atoms with E-state index in [2.05, 4.69) is 207 Å². The van der Waals surface area contributed by atoms with Gasteiger partial charge < -0.3 is 24.8 Å². The van der Waals surface area contributed by atoms with Gasteiger partial charge >= 0.3 is 41.6 Å². The number of halogens is 2. The molecule has 0 bridgehead atoms. The maximum absolute atomic E-state index is 2.39. The van der Waals surface area contributed by atoms with Crippen molar-refractivity contribution in [3.63, 3.8) is 0 Å². The summed E-state index contributed by atoms with van der Waals surface area (Å²) in [6.07, 6.45) is 0. The molecule has 6 aromatic carbocycles. The third-order valence-corrected chi connectivity index (χ3v) is 9.74. The fraction of sp³-hybridized carbons (Fsp3) is 0.400. The van der Waals surface area contributed by atoms with Crippen molar-refractivity contribution in [1.29, 1.82) is 0 Å². The van der Waals surface area contributed by atoms with Crippen LogP contribution in [-0.2, 0) is 44.7 Å². The molecule has 0 aliphatic carbocycles. The van der Waals surface area contributed by atoms with Gasteiger partial charge in [0.05, 0.1) is 0 Å². The van der Waals surface area contributed by atoms with Gasteiger partial charge in [0.25, 0.3) is 0 Å². The fourth-order valence-corrected chi connectivity index (χ4v) is 6.57. The Kier molecular flexibility index (Phi) is 16.3. The maximum Gasteiger partial charge on any atom is -0.0132 e. The van der Waals surface area contributed by atoms with E-state index in [1.165, 1.54) is 100 Å². The topological polar surface area (TPSA) is 0 Å². The SMILES string of the molecule is C[Si](C)=[Hf+2].Cc1cc2c(-c3cc(C(C)(C)C)cc(C(C)(C)C)c3)cccc2[cH-]1.Cc1cc2c(-c3cc(C(C)(C)C)cc(C(C)(C)C)c3)cccc2[cH-]1.[Cl-].[Cl-]. The average molecular weight is 943 g/mol. The predicted octanol–water partition coefficient (Wildman–Crippen LogP) is 9.05. The van der Waals surface area contributed by atoms with Crippen LogP contribution in [0.4, 0.5) is 0 Å². The molecule has 0 aromatic heterocycles. The largest absolute Gasteiger partial charge is 1.00 e. The summed E-state index contributed by atoms with van der Waals surface area (Å²) in [4.78, 5) is 0. The molecule has 0 atom stereocenters. The molecule has 54 heavy (non-hydrogen) atoms. The molecule has 288 valence electrons. The number of fused-ring (bicyclic) bond motifs is 2. The van der Waals surface area contributed by atoms with Crippen molar-refractivity contribution in [3.05, 3.63) is 130 Å². The van der Waals surface area contributed by atoms with E-state index in [-0.39, 0.29) is 52.0 Å². The Hall–Kier alpha value is -2.23. The van der Waals surface area contributed by atoms with Gasteiger partial charge in [0, 0.05) is 0 Å². The van der Waals surface area contributed by atoms with Gasteiger partial charge in [0.2, 0.25) is 0 Å². The van der Waals surface area contributed by atoms with E-state index in [1.807, 2.05) is 0 Å². The normalized spacial score (nSPS) is 11.9. The van der Waals surface area contributed by atoms with Gasteiger partial charge in [0.1, 0.15) is 0 Å². The standard InChI is InChI=1S/2C24H29.C2H6Si.2ClH.Hf/c2*1-16-11-17-9-8-10-21(22(17)12-16)18-13-19(23(2,3)4)15-20(14-18)24(5,6)7;1-3-2;;;/h2*8-15H,1-7H3;1-2H3;2*1H;/q2*-1;;;;+2/p-2. The van der Waals surface area contributed by atoms with Crippen LogP contribution in [0.15, 0.2) is 97.1 Å². The van der Waals surface area contributed by atoms with E-state index in [1.54, 1.807) is 0 Å². The molecule has 0 aliphatic rings. The van der Waals surface area contributed by atoms with Crippen LogP contribution in [-0.4, -0.2) is 5.49 Å². The van der Waals surface area contributed by atoms with Gasteiger partial charge in [-0.15, -0.1) is 69.1 Å². The summed E-state index contributed by atoms with van der Waals surface area (Å²) >= 11 is 1.45. The predicted molar refractivity (Wildman–Crippen MR) is 232 cm³/mol. The molecule has 4 heteroatoms. The van der Waals surface area contributed by atoms with Gasteiger partial charge in [-0.25, -0.2) is 0 Å². The fourth-order valence-electron chi connectivity index (χ4n) is 6.57.